The molecule has 1 fully saturated rings. The molecule has 0 aliphatic carbocycles. The Kier molecular flexibility index (Phi) is 9.11. The number of carbonyl (C=O) groups is 2. The van der Waals surface area contributed by atoms with E-state index in [-0.39, 0.29) is 42.3 Å². The Labute approximate surface area is 212 Å². The van der Waals surface area contributed by atoms with E-state index in [0.29, 0.717) is 25.5 Å². The molecule has 0 atom stereocenters. The quantitative estimate of drug-likeness (QED) is 0.322. The highest BCUT2D eigenvalue weighted by Crippen LogP contribution is 2.26. The van der Waals surface area contributed by atoms with Gasteiger partial charge < -0.3 is 20.4 Å². The first-order valence-electron chi connectivity index (χ1n) is 11.5. The lowest BCUT2D eigenvalue weighted by Crippen LogP contribution is -2.46. The fourth-order valence-electron chi connectivity index (χ4n) is 4.26. The van der Waals surface area contributed by atoms with E-state index in [4.69, 9.17) is 0 Å². The van der Waals surface area contributed by atoms with Crippen molar-refractivity contribution in [3.8, 4) is 0 Å². The Morgan fingerprint density at radius 1 is 1.00 bits per heavy atom. The van der Waals surface area contributed by atoms with Crippen LogP contribution in [0.5, 0.6) is 0 Å². The van der Waals surface area contributed by atoms with Gasteiger partial charge in [-0.1, -0.05) is 30.3 Å². The number of amides is 2. The van der Waals surface area contributed by atoms with Gasteiger partial charge in [-0.3, -0.25) is 9.59 Å². The second-order valence-corrected chi connectivity index (χ2v) is 8.14. The molecular formula is C25H32IN5O2. The van der Waals surface area contributed by atoms with E-state index in [9.17, 15) is 9.59 Å². The average Bonchev–Trinajstić information content (AvgIpc) is 3.26. The summed E-state index contributed by atoms with van der Waals surface area (Å²) in [5.41, 5.74) is 4.24. The number of aryl methyl sites for hydroxylation is 1. The summed E-state index contributed by atoms with van der Waals surface area (Å²) < 4.78 is 0. The first-order chi connectivity index (χ1) is 15.7. The molecule has 0 bridgehead atoms. The number of guanidine groups is 1. The summed E-state index contributed by atoms with van der Waals surface area (Å²) in [6.45, 7) is 4.93. The summed E-state index contributed by atoms with van der Waals surface area (Å²) in [4.78, 5) is 33.1. The van der Waals surface area contributed by atoms with E-state index in [1.807, 2.05) is 59.2 Å². The number of para-hydroxylation sites is 1. The number of carbonyl (C=O) groups excluding carboxylic acids is 2. The smallest absolute Gasteiger partial charge is 0.246 e. The van der Waals surface area contributed by atoms with Crippen LogP contribution >= 0.6 is 24.0 Å². The molecule has 176 valence electrons. The molecule has 0 radical (unpaired) electrons. The molecular weight excluding hydrogens is 529 g/mol. The molecule has 0 spiro atoms. The van der Waals surface area contributed by atoms with Crippen molar-refractivity contribution in [3.63, 3.8) is 0 Å². The van der Waals surface area contributed by atoms with Gasteiger partial charge in [-0.05, 0) is 55.5 Å². The number of hydrogen-bond donors (Lipinski definition) is 2. The van der Waals surface area contributed by atoms with Gasteiger partial charge in [-0.2, -0.15) is 0 Å². The number of hydrogen-bond acceptors (Lipinski definition) is 3. The number of anilines is 2. The SMILES string of the molecule is CCNC(=NCc1ccc(N2CCCC2=O)cc1)NCC(=O)N1CCCc2ccccc21.I. The van der Waals surface area contributed by atoms with Gasteiger partial charge in [-0.15, -0.1) is 24.0 Å². The van der Waals surface area contributed by atoms with Crippen LogP contribution in [-0.2, 0) is 22.6 Å². The highest BCUT2D eigenvalue weighted by molar-refractivity contribution is 14.0. The molecule has 1 saturated heterocycles. The highest BCUT2D eigenvalue weighted by atomic mass is 127. The first kappa shape index (κ1) is 25.0. The molecule has 33 heavy (non-hydrogen) atoms. The number of rotatable bonds is 6. The van der Waals surface area contributed by atoms with Crippen LogP contribution in [-0.4, -0.2) is 44.0 Å². The van der Waals surface area contributed by atoms with Gasteiger partial charge in [0.2, 0.25) is 11.8 Å². The molecule has 2 aromatic carbocycles. The standard InChI is InChI=1S/C25H31N5O2.HI/c1-2-26-25(27-17-19-11-13-21(14-12-19)29-15-6-10-23(29)31)28-18-24(32)30-16-5-8-20-7-3-4-9-22(20)30;/h3-4,7,9,11-14H,2,5-6,8,10,15-18H2,1H3,(H2,26,27,28);1H. The van der Waals surface area contributed by atoms with Gasteiger partial charge in [0.25, 0.3) is 0 Å². The van der Waals surface area contributed by atoms with E-state index >= 15 is 0 Å². The van der Waals surface area contributed by atoms with Gasteiger partial charge in [0.15, 0.2) is 5.96 Å². The van der Waals surface area contributed by atoms with Crippen LogP contribution in [0.2, 0.25) is 0 Å². The Morgan fingerprint density at radius 3 is 2.48 bits per heavy atom. The summed E-state index contributed by atoms with van der Waals surface area (Å²) in [6.07, 6.45) is 3.55. The minimum absolute atomic E-state index is 0. The first-order valence-corrected chi connectivity index (χ1v) is 11.5. The van der Waals surface area contributed by atoms with Crippen LogP contribution in [0, 0.1) is 0 Å². The number of aliphatic imine (C=N–C) groups is 1. The number of benzene rings is 2. The normalized spacial score (nSPS) is 15.7. The molecule has 2 aliphatic heterocycles. The van der Waals surface area contributed by atoms with Crippen LogP contribution in [0.1, 0.15) is 37.3 Å². The monoisotopic (exact) mass is 561 g/mol. The molecule has 2 N–H and O–H groups in total. The van der Waals surface area contributed by atoms with Gasteiger partial charge in [0.1, 0.15) is 0 Å². The second-order valence-electron chi connectivity index (χ2n) is 8.14. The van der Waals surface area contributed by atoms with E-state index in [0.717, 1.165) is 49.3 Å². The predicted octanol–water partition coefficient (Wildman–Crippen LogP) is 3.47. The van der Waals surface area contributed by atoms with Crippen LogP contribution in [0.4, 0.5) is 11.4 Å². The van der Waals surface area contributed by atoms with E-state index in [1.54, 1.807) is 0 Å². The lowest BCUT2D eigenvalue weighted by Gasteiger charge is -2.29. The second kappa shape index (κ2) is 12.0. The zero-order chi connectivity index (χ0) is 22.3. The van der Waals surface area contributed by atoms with Crippen molar-refractivity contribution in [1.82, 2.24) is 10.6 Å². The van der Waals surface area contributed by atoms with Crippen LogP contribution in [0.25, 0.3) is 0 Å². The van der Waals surface area contributed by atoms with Crippen molar-refractivity contribution < 1.29 is 9.59 Å². The summed E-state index contributed by atoms with van der Waals surface area (Å²) in [5.74, 6) is 0.850. The topological polar surface area (TPSA) is 77.0 Å². The Morgan fingerprint density at radius 2 is 1.76 bits per heavy atom. The molecule has 7 nitrogen and oxygen atoms in total. The zero-order valence-electron chi connectivity index (χ0n) is 19.0. The Balaban J connectivity index is 0.00000306. The van der Waals surface area contributed by atoms with Gasteiger partial charge in [-0.25, -0.2) is 4.99 Å². The van der Waals surface area contributed by atoms with Crippen molar-refractivity contribution in [3.05, 3.63) is 59.7 Å². The lowest BCUT2D eigenvalue weighted by molar-refractivity contribution is -0.118. The third-order valence-electron chi connectivity index (χ3n) is 5.90. The minimum Gasteiger partial charge on any atom is -0.357 e. The van der Waals surface area contributed by atoms with Crippen molar-refractivity contribution in [2.45, 2.75) is 39.2 Å². The fourth-order valence-corrected chi connectivity index (χ4v) is 4.26. The van der Waals surface area contributed by atoms with Crippen molar-refractivity contribution in [1.29, 1.82) is 0 Å². The van der Waals surface area contributed by atoms with Crippen molar-refractivity contribution in [2.24, 2.45) is 4.99 Å². The number of halogens is 1. The molecule has 2 aromatic rings. The number of nitrogens with one attached hydrogen (secondary N) is 2. The molecule has 8 heteroatoms. The molecule has 2 heterocycles. The summed E-state index contributed by atoms with van der Waals surface area (Å²) in [7, 11) is 0. The van der Waals surface area contributed by atoms with Gasteiger partial charge >= 0.3 is 0 Å². The predicted molar refractivity (Wildman–Crippen MR) is 143 cm³/mol. The van der Waals surface area contributed by atoms with Gasteiger partial charge in [0, 0.05) is 37.4 Å². The van der Waals surface area contributed by atoms with Crippen LogP contribution in [0.15, 0.2) is 53.5 Å². The molecule has 0 saturated carbocycles. The highest BCUT2D eigenvalue weighted by Gasteiger charge is 2.22. The van der Waals surface area contributed by atoms with Crippen LogP contribution in [0.3, 0.4) is 0 Å². The van der Waals surface area contributed by atoms with E-state index < -0.39 is 0 Å². The third-order valence-corrected chi connectivity index (χ3v) is 5.90. The largest absolute Gasteiger partial charge is 0.357 e. The van der Waals surface area contributed by atoms with Gasteiger partial charge in [0.05, 0.1) is 13.1 Å². The summed E-state index contributed by atoms with van der Waals surface area (Å²) in [5, 5.41) is 6.38. The Bertz CT molecular complexity index is 993. The fraction of sp³-hybridized carbons (Fsp3) is 0.400. The molecule has 0 unspecified atom stereocenters. The molecule has 2 aliphatic rings. The average molecular weight is 561 g/mol. The minimum atomic E-state index is 0. The van der Waals surface area contributed by atoms with Crippen molar-refractivity contribution in [2.75, 3.05) is 36.0 Å². The summed E-state index contributed by atoms with van der Waals surface area (Å²) in [6, 6.07) is 16.1. The number of fused-ring (bicyclic) bond motifs is 1. The third kappa shape index (κ3) is 6.25. The molecule has 0 aromatic heterocycles. The number of nitrogens with zero attached hydrogens (tertiary/aromatic N) is 3. The maximum Gasteiger partial charge on any atom is 0.246 e. The molecule has 4 rings (SSSR count). The zero-order valence-corrected chi connectivity index (χ0v) is 21.4. The van der Waals surface area contributed by atoms with E-state index in [1.165, 1.54) is 5.56 Å². The maximum atomic E-state index is 12.9. The molecule has 2 amide bonds. The Hall–Kier alpha value is -2.62. The van der Waals surface area contributed by atoms with Crippen LogP contribution < -0.4 is 20.4 Å². The van der Waals surface area contributed by atoms with E-state index in [2.05, 4.69) is 21.7 Å². The summed E-state index contributed by atoms with van der Waals surface area (Å²) >= 11 is 0. The lowest BCUT2D eigenvalue weighted by atomic mass is 10.0. The maximum absolute atomic E-state index is 12.9. The van der Waals surface area contributed by atoms with Crippen molar-refractivity contribution >= 4 is 53.1 Å².